The molecule has 0 saturated heterocycles. The second kappa shape index (κ2) is 4.19. The van der Waals surface area contributed by atoms with Gasteiger partial charge < -0.3 is 0 Å². The third kappa shape index (κ3) is 11.8. The van der Waals surface area contributed by atoms with Crippen molar-refractivity contribution < 1.29 is 81.3 Å². The Balaban J connectivity index is 0. The van der Waals surface area contributed by atoms with Crippen molar-refractivity contribution in [3.8, 4) is 0 Å². The maximum atomic E-state index is 9.38. The van der Waals surface area contributed by atoms with Crippen LogP contribution in [0.25, 0.3) is 0 Å². The van der Waals surface area contributed by atoms with E-state index in [0.717, 1.165) is 0 Å². The molecule has 0 aliphatic heterocycles. The minimum atomic E-state index is -6.07. The monoisotopic (exact) mass is 418 g/mol. The first-order valence-electron chi connectivity index (χ1n) is 1.33. The number of hydrogen-bond acceptors (Lipinski definition) is 7. The van der Waals surface area contributed by atoms with Crippen molar-refractivity contribution in [1.29, 1.82) is 0 Å². The molecule has 0 aromatic rings. The van der Waals surface area contributed by atoms with Crippen molar-refractivity contribution in [2.75, 3.05) is 0 Å². The molecule has 0 spiro atoms. The van der Waals surface area contributed by atoms with Crippen molar-refractivity contribution in [2.24, 2.45) is 0 Å². The van der Waals surface area contributed by atoms with Gasteiger partial charge in [-0.2, -0.15) is 0 Å². The summed E-state index contributed by atoms with van der Waals surface area (Å²) in [4.78, 5) is 0. The molecule has 10 heavy (non-hydrogen) atoms. The fourth-order valence-electron chi connectivity index (χ4n) is 0.102. The summed E-state index contributed by atoms with van der Waals surface area (Å²) < 4.78 is 58.9. The summed E-state index contributed by atoms with van der Waals surface area (Å²) in [5, 5.41) is 0. The van der Waals surface area contributed by atoms with Crippen molar-refractivity contribution >= 4 is 0 Å². The molecule has 10 heteroatoms. The predicted molar refractivity (Wildman–Crippen MR) is 3.83 cm³/mol. The van der Waals surface area contributed by atoms with Gasteiger partial charge in [0.15, 0.2) is 0 Å². The van der Waals surface area contributed by atoms with Gasteiger partial charge in [-0.15, -0.1) is 0 Å². The molecule has 0 aromatic heterocycles. The first-order chi connectivity index (χ1) is 3.71. The van der Waals surface area contributed by atoms with Crippen LogP contribution >= 0.6 is 0 Å². The normalized spacial score (nSPS) is 12.2. The number of hydrogen-bond donors (Lipinski definition) is 0. The van der Waals surface area contributed by atoms with Crippen molar-refractivity contribution in [3.05, 3.63) is 0 Å². The van der Waals surface area contributed by atoms with Crippen LogP contribution in [0.1, 0.15) is 0 Å². The van der Waals surface area contributed by atoms with Crippen LogP contribution in [-0.4, -0.2) is 0 Å². The molecule has 0 atom stereocenters. The van der Waals surface area contributed by atoms with Crippen LogP contribution in [-0.2, 0) is 72.9 Å². The Hall–Kier alpha value is 1.08. The Morgan fingerprint density at radius 2 is 1.10 bits per heavy atom. The van der Waals surface area contributed by atoms with E-state index < -0.39 is 27.2 Å². The summed E-state index contributed by atoms with van der Waals surface area (Å²) in [5.74, 6) is 0. The van der Waals surface area contributed by atoms with Gasteiger partial charge in [-0.3, -0.25) is 0 Å². The van der Waals surface area contributed by atoms with Gasteiger partial charge in [-0.1, -0.05) is 0 Å². The summed E-state index contributed by atoms with van der Waals surface area (Å²) in [6, 6.07) is 0. The SMILES string of the molecule is [Hg+2].[O]=[Cr](=[O])([O-])[O][Cr](=[O])(=[O])[O-]. The molecule has 0 aliphatic carbocycles. The number of rotatable bonds is 2. The molecular weight excluding hydrogens is 417 g/mol. The van der Waals surface area contributed by atoms with Gasteiger partial charge >= 0.3 is 81.3 Å². The van der Waals surface area contributed by atoms with Crippen LogP contribution in [0.15, 0.2) is 0 Å². The summed E-state index contributed by atoms with van der Waals surface area (Å²) in [7, 11) is 0. The van der Waals surface area contributed by atoms with E-state index in [1.54, 1.807) is 0 Å². The van der Waals surface area contributed by atoms with Gasteiger partial charge in [0.25, 0.3) is 0 Å². The summed E-state index contributed by atoms with van der Waals surface area (Å²) >= 11 is -12.1. The fraction of sp³-hybridized carbons (Fsp3) is 0. The molecule has 0 amide bonds. The van der Waals surface area contributed by atoms with E-state index in [2.05, 4.69) is 2.84 Å². The molecule has 0 fully saturated rings. The molecule has 0 aromatic carbocycles. The van der Waals surface area contributed by atoms with E-state index in [9.17, 15) is 23.5 Å². The van der Waals surface area contributed by atoms with Crippen LogP contribution in [0.3, 0.4) is 0 Å². The van der Waals surface area contributed by atoms with Crippen molar-refractivity contribution in [1.82, 2.24) is 0 Å². The Labute approximate surface area is 80.7 Å². The van der Waals surface area contributed by atoms with Crippen LogP contribution in [0.2, 0.25) is 0 Å². The fourth-order valence-corrected chi connectivity index (χ4v) is 1.74. The Kier molecular flexibility index (Phi) is 5.72. The first-order valence-corrected chi connectivity index (χ1v) is 5.50. The summed E-state index contributed by atoms with van der Waals surface area (Å²) in [6.45, 7) is 0. The Morgan fingerprint density at radius 1 is 0.900 bits per heavy atom. The molecule has 0 bridgehead atoms. The minimum absolute atomic E-state index is 0. The van der Waals surface area contributed by atoms with Crippen LogP contribution < -0.4 is 8.32 Å². The van der Waals surface area contributed by atoms with Crippen molar-refractivity contribution in [2.45, 2.75) is 0 Å². The van der Waals surface area contributed by atoms with Gasteiger partial charge in [0.1, 0.15) is 0 Å². The second-order valence-corrected chi connectivity index (χ2v) is 4.52. The van der Waals surface area contributed by atoms with Crippen LogP contribution in [0, 0.1) is 0 Å². The van der Waals surface area contributed by atoms with Crippen molar-refractivity contribution in [3.63, 3.8) is 0 Å². The molecule has 0 radical (unpaired) electrons. The first kappa shape index (κ1) is 13.7. The Bertz CT molecular complexity index is 237. The van der Waals surface area contributed by atoms with E-state index in [4.69, 9.17) is 0 Å². The molecule has 0 rings (SSSR count). The standard InChI is InChI=1S/2Cr.Hg.7O/q;;+2;;;;;;2*-1. The topological polar surface area (TPSA) is 124 Å². The van der Waals surface area contributed by atoms with E-state index in [0.29, 0.717) is 0 Å². The molecule has 0 unspecified atom stereocenters. The third-order valence-electron chi connectivity index (χ3n) is 0.167. The molecule has 0 saturated carbocycles. The predicted octanol–water partition coefficient (Wildman–Crippen LogP) is -2.93. The van der Waals surface area contributed by atoms with E-state index in [1.807, 2.05) is 0 Å². The van der Waals surface area contributed by atoms with Gasteiger partial charge in [-0.05, 0) is 0 Å². The van der Waals surface area contributed by atoms with Crippen LogP contribution in [0.4, 0.5) is 0 Å². The summed E-state index contributed by atoms with van der Waals surface area (Å²) in [6.07, 6.45) is 0. The Morgan fingerprint density at radius 3 is 1.10 bits per heavy atom. The average molecular weight is 417 g/mol. The van der Waals surface area contributed by atoms with E-state index in [-0.39, 0.29) is 27.7 Å². The van der Waals surface area contributed by atoms with E-state index >= 15 is 0 Å². The average Bonchev–Trinajstić information content (AvgIpc) is 1.14. The van der Waals surface area contributed by atoms with Gasteiger partial charge in [0.05, 0.1) is 0 Å². The molecule has 56 valence electrons. The van der Waals surface area contributed by atoms with Crippen LogP contribution in [0.5, 0.6) is 0 Å². The maximum absolute atomic E-state index is 9.38. The quantitative estimate of drug-likeness (QED) is 0.442. The summed E-state index contributed by atoms with van der Waals surface area (Å²) in [5.41, 5.74) is 0. The molecular formula is Cr2HgO7. The molecule has 0 heterocycles. The third-order valence-corrected chi connectivity index (χ3v) is 2.83. The second-order valence-electron chi connectivity index (χ2n) is 0.885. The zero-order valence-corrected chi connectivity index (χ0v) is 12.4. The molecule has 7 nitrogen and oxygen atoms in total. The molecule has 0 aliphatic rings. The van der Waals surface area contributed by atoms with Gasteiger partial charge in [0.2, 0.25) is 0 Å². The van der Waals surface area contributed by atoms with Gasteiger partial charge in [0, 0.05) is 0 Å². The zero-order chi connectivity index (χ0) is 7.71. The van der Waals surface area contributed by atoms with E-state index in [1.165, 1.54) is 0 Å². The van der Waals surface area contributed by atoms with Gasteiger partial charge in [-0.25, -0.2) is 0 Å². The zero-order valence-electron chi connectivity index (χ0n) is 4.38. The molecule has 0 N–H and O–H groups in total.